The first kappa shape index (κ1) is 21.6. The Kier molecular flexibility index (Phi) is 7.28. The van der Waals surface area contributed by atoms with Crippen molar-refractivity contribution in [1.29, 1.82) is 0 Å². The molecule has 0 unspecified atom stereocenters. The molecule has 2 aromatic carbocycles. The Morgan fingerprint density at radius 3 is 2.32 bits per heavy atom. The number of nitrogens with zero attached hydrogens (tertiary/aromatic N) is 1. The van der Waals surface area contributed by atoms with Gasteiger partial charge in [-0.25, -0.2) is 4.79 Å². The average Bonchev–Trinajstić information content (AvgIpc) is 2.65. The molecule has 0 spiro atoms. The van der Waals surface area contributed by atoms with Gasteiger partial charge in [0.05, 0.1) is 25.6 Å². The van der Waals surface area contributed by atoms with Gasteiger partial charge in [-0.3, -0.25) is 0 Å². The molecule has 2 aromatic rings. The number of anilines is 1. The third-order valence-electron chi connectivity index (χ3n) is 4.29. The second-order valence-corrected chi connectivity index (χ2v) is 7.99. The van der Waals surface area contributed by atoms with E-state index in [1.807, 2.05) is 19.9 Å². The smallest absolute Gasteiger partial charge is 0.322 e. The first-order valence-corrected chi connectivity index (χ1v) is 10.7. The molecule has 0 aliphatic carbocycles. The highest BCUT2D eigenvalue weighted by molar-refractivity contribution is 7.86. The Balaban J connectivity index is 2.29. The van der Waals surface area contributed by atoms with Crippen LogP contribution >= 0.6 is 0 Å². The molecular formula is C20H26N2O5S. The van der Waals surface area contributed by atoms with Crippen molar-refractivity contribution in [3.05, 3.63) is 54.1 Å². The summed E-state index contributed by atoms with van der Waals surface area (Å²) in [6, 6.07) is 13.5. The molecule has 7 nitrogen and oxygen atoms in total. The van der Waals surface area contributed by atoms with Crippen LogP contribution < -0.4 is 14.2 Å². The molecule has 8 heteroatoms. The molecule has 0 heterocycles. The molecule has 0 saturated heterocycles. The highest BCUT2D eigenvalue weighted by Gasteiger charge is 2.22. The minimum Gasteiger partial charge on any atom is -0.495 e. The fraction of sp³-hybridized carbons (Fsp3) is 0.350. The van der Waals surface area contributed by atoms with Crippen molar-refractivity contribution in [3.8, 4) is 11.5 Å². The zero-order chi connectivity index (χ0) is 20.7. The Hall–Kier alpha value is -2.74. The van der Waals surface area contributed by atoms with E-state index in [1.54, 1.807) is 47.4 Å². The van der Waals surface area contributed by atoms with Gasteiger partial charge in [0.1, 0.15) is 11.5 Å². The number of amides is 2. The number of methoxy groups -OCH3 is 1. The molecule has 1 N–H and O–H groups in total. The summed E-state index contributed by atoms with van der Waals surface area (Å²) < 4.78 is 33.5. The summed E-state index contributed by atoms with van der Waals surface area (Å²) >= 11 is 0. The minimum atomic E-state index is -3.67. The SMILES string of the molecule is CC[C@@H](C)N(Cc1ccccc1OS(C)(=O)=O)C(=O)Nc1ccccc1OC. The molecule has 0 bridgehead atoms. The van der Waals surface area contributed by atoms with Crippen LogP contribution in [0.15, 0.2) is 48.5 Å². The van der Waals surface area contributed by atoms with Gasteiger partial charge >= 0.3 is 16.1 Å². The van der Waals surface area contributed by atoms with Crippen molar-refractivity contribution in [2.75, 3.05) is 18.7 Å². The van der Waals surface area contributed by atoms with E-state index in [9.17, 15) is 13.2 Å². The quantitative estimate of drug-likeness (QED) is 0.673. The van der Waals surface area contributed by atoms with Gasteiger partial charge in [-0.15, -0.1) is 0 Å². The number of hydrogen-bond donors (Lipinski definition) is 1. The summed E-state index contributed by atoms with van der Waals surface area (Å²) in [6.45, 7) is 4.11. The van der Waals surface area contributed by atoms with Crippen molar-refractivity contribution in [2.24, 2.45) is 0 Å². The largest absolute Gasteiger partial charge is 0.495 e. The van der Waals surface area contributed by atoms with Gasteiger partial charge in [-0.1, -0.05) is 37.3 Å². The van der Waals surface area contributed by atoms with Gasteiger partial charge in [0.15, 0.2) is 0 Å². The molecule has 1 atom stereocenters. The van der Waals surface area contributed by atoms with Gasteiger partial charge in [0, 0.05) is 11.6 Å². The predicted molar refractivity (Wildman–Crippen MR) is 109 cm³/mol. The van der Waals surface area contributed by atoms with Crippen molar-refractivity contribution in [3.63, 3.8) is 0 Å². The standard InChI is InChI=1S/C20H26N2O5S/c1-5-15(2)22(20(23)21-17-11-7-9-13-19(17)26-3)14-16-10-6-8-12-18(16)27-28(4,24)25/h6-13,15H,5,14H2,1-4H3,(H,21,23)/t15-/m1/s1. The number of para-hydroxylation sites is 3. The molecule has 0 radical (unpaired) electrons. The molecule has 2 rings (SSSR count). The third kappa shape index (κ3) is 5.88. The van der Waals surface area contributed by atoms with Crippen LogP contribution in [0, 0.1) is 0 Å². The van der Waals surface area contributed by atoms with E-state index in [4.69, 9.17) is 8.92 Å². The number of carbonyl (C=O) groups is 1. The van der Waals surface area contributed by atoms with Gasteiger partial charge in [0.25, 0.3) is 0 Å². The minimum absolute atomic E-state index is 0.0824. The maximum absolute atomic E-state index is 13.0. The van der Waals surface area contributed by atoms with Crippen LogP contribution in [0.3, 0.4) is 0 Å². The molecule has 0 aromatic heterocycles. The molecule has 28 heavy (non-hydrogen) atoms. The zero-order valence-electron chi connectivity index (χ0n) is 16.5. The molecule has 152 valence electrons. The van der Waals surface area contributed by atoms with Gasteiger partial charge in [-0.05, 0) is 31.5 Å². The van der Waals surface area contributed by atoms with Gasteiger partial charge < -0.3 is 19.1 Å². The lowest BCUT2D eigenvalue weighted by atomic mass is 10.1. The Morgan fingerprint density at radius 2 is 1.71 bits per heavy atom. The summed E-state index contributed by atoms with van der Waals surface area (Å²) in [7, 11) is -2.14. The maximum atomic E-state index is 13.0. The van der Waals surface area contributed by atoms with E-state index in [1.165, 1.54) is 7.11 Å². The molecular weight excluding hydrogens is 380 g/mol. The summed E-state index contributed by atoms with van der Waals surface area (Å²) in [6.07, 6.45) is 1.72. The Labute approximate surface area is 166 Å². The first-order valence-electron chi connectivity index (χ1n) is 8.93. The highest BCUT2D eigenvalue weighted by atomic mass is 32.2. The van der Waals surface area contributed by atoms with Crippen LogP contribution in [0.1, 0.15) is 25.8 Å². The van der Waals surface area contributed by atoms with E-state index in [0.29, 0.717) is 17.0 Å². The number of carbonyl (C=O) groups excluding carboxylic acids is 1. The Morgan fingerprint density at radius 1 is 1.11 bits per heavy atom. The third-order valence-corrected chi connectivity index (χ3v) is 4.77. The highest BCUT2D eigenvalue weighted by Crippen LogP contribution is 2.26. The van der Waals surface area contributed by atoms with Crippen LogP contribution in [0.25, 0.3) is 0 Å². The van der Waals surface area contributed by atoms with Crippen LogP contribution in [0.4, 0.5) is 10.5 Å². The van der Waals surface area contributed by atoms with Crippen LogP contribution in [-0.4, -0.2) is 38.8 Å². The number of benzene rings is 2. The number of ether oxygens (including phenoxy) is 1. The normalized spacial score (nSPS) is 12.1. The molecule has 0 aliphatic rings. The van der Waals surface area contributed by atoms with Crippen molar-refractivity contribution < 1.29 is 22.1 Å². The first-order chi connectivity index (χ1) is 13.2. The predicted octanol–water partition coefficient (Wildman–Crippen LogP) is 3.87. The maximum Gasteiger partial charge on any atom is 0.322 e. The second-order valence-electron chi connectivity index (χ2n) is 6.41. The lowest BCUT2D eigenvalue weighted by Crippen LogP contribution is -2.40. The lowest BCUT2D eigenvalue weighted by Gasteiger charge is -2.29. The second kappa shape index (κ2) is 9.45. The summed E-state index contributed by atoms with van der Waals surface area (Å²) in [5.74, 6) is 0.768. The molecule has 0 aliphatic heterocycles. The van der Waals surface area contributed by atoms with Gasteiger partial charge in [-0.2, -0.15) is 8.42 Å². The van der Waals surface area contributed by atoms with Crippen molar-refractivity contribution in [1.82, 2.24) is 4.90 Å². The number of nitrogens with one attached hydrogen (secondary N) is 1. The van der Waals surface area contributed by atoms with Gasteiger partial charge in [0.2, 0.25) is 0 Å². The van der Waals surface area contributed by atoms with E-state index in [2.05, 4.69) is 5.32 Å². The monoisotopic (exact) mass is 406 g/mol. The van der Waals surface area contributed by atoms with E-state index < -0.39 is 10.1 Å². The van der Waals surface area contributed by atoms with E-state index in [0.717, 1.165) is 12.7 Å². The van der Waals surface area contributed by atoms with Crippen molar-refractivity contribution in [2.45, 2.75) is 32.9 Å². The van der Waals surface area contributed by atoms with Crippen LogP contribution in [0.5, 0.6) is 11.5 Å². The van der Waals surface area contributed by atoms with Crippen LogP contribution in [-0.2, 0) is 16.7 Å². The Bertz CT molecular complexity index is 914. The lowest BCUT2D eigenvalue weighted by molar-refractivity contribution is 0.186. The zero-order valence-corrected chi connectivity index (χ0v) is 17.3. The number of rotatable bonds is 8. The molecule has 2 amide bonds. The average molecular weight is 407 g/mol. The summed E-state index contributed by atoms with van der Waals surface area (Å²) in [5, 5.41) is 2.87. The van der Waals surface area contributed by atoms with E-state index in [-0.39, 0.29) is 24.4 Å². The topological polar surface area (TPSA) is 84.9 Å². The van der Waals surface area contributed by atoms with E-state index >= 15 is 0 Å². The molecule has 0 saturated carbocycles. The number of hydrogen-bond acceptors (Lipinski definition) is 5. The molecule has 0 fully saturated rings. The fourth-order valence-electron chi connectivity index (χ4n) is 2.65. The number of urea groups is 1. The fourth-order valence-corrected chi connectivity index (χ4v) is 3.13. The van der Waals surface area contributed by atoms with Crippen molar-refractivity contribution >= 4 is 21.8 Å². The summed E-state index contributed by atoms with van der Waals surface area (Å²) in [4.78, 5) is 14.6. The van der Waals surface area contributed by atoms with Crippen LogP contribution in [0.2, 0.25) is 0 Å². The summed E-state index contributed by atoms with van der Waals surface area (Å²) in [5.41, 5.74) is 1.16.